The van der Waals surface area contributed by atoms with Gasteiger partial charge in [-0.15, -0.1) is 11.8 Å². The lowest BCUT2D eigenvalue weighted by Crippen LogP contribution is -2.19. The van der Waals surface area contributed by atoms with E-state index in [2.05, 4.69) is 66.2 Å². The van der Waals surface area contributed by atoms with Crippen molar-refractivity contribution >= 4 is 35.5 Å². The third-order valence-corrected chi connectivity index (χ3v) is 5.95. The van der Waals surface area contributed by atoms with E-state index >= 15 is 0 Å². The molecule has 1 aromatic heterocycles. The summed E-state index contributed by atoms with van der Waals surface area (Å²) in [6.45, 7) is 6.19. The summed E-state index contributed by atoms with van der Waals surface area (Å²) in [6.07, 6.45) is 1.70. The van der Waals surface area contributed by atoms with Gasteiger partial charge in [0, 0.05) is 33.4 Å². The third-order valence-electron chi connectivity index (χ3n) is 4.60. The van der Waals surface area contributed by atoms with Crippen molar-refractivity contribution in [2.75, 3.05) is 5.75 Å². The van der Waals surface area contributed by atoms with Gasteiger partial charge in [-0.2, -0.15) is 5.10 Å². The first kappa shape index (κ1) is 21.2. The van der Waals surface area contributed by atoms with E-state index in [0.717, 1.165) is 33.2 Å². The number of nitrogens with one attached hydrogen (secondary N) is 1. The molecule has 0 aliphatic rings. The summed E-state index contributed by atoms with van der Waals surface area (Å²) in [5.74, 6) is 0.880. The van der Waals surface area contributed by atoms with Crippen molar-refractivity contribution in [3.63, 3.8) is 0 Å². The van der Waals surface area contributed by atoms with Crippen molar-refractivity contribution < 1.29 is 4.79 Å². The Morgan fingerprint density at radius 3 is 2.59 bits per heavy atom. The van der Waals surface area contributed by atoms with E-state index in [0.29, 0.717) is 11.5 Å². The minimum absolute atomic E-state index is 0.134. The first-order chi connectivity index (χ1) is 14.0. The summed E-state index contributed by atoms with van der Waals surface area (Å²) in [4.78, 5) is 12.0. The lowest BCUT2D eigenvalue weighted by Gasteiger charge is -2.09. The average molecular weight is 426 g/mol. The highest BCUT2D eigenvalue weighted by Gasteiger charge is 2.09. The summed E-state index contributed by atoms with van der Waals surface area (Å²) in [7, 11) is 0. The van der Waals surface area contributed by atoms with Crippen LogP contribution in [0.25, 0.3) is 5.69 Å². The number of benzene rings is 2. The lowest BCUT2D eigenvalue weighted by atomic mass is 10.2. The van der Waals surface area contributed by atoms with Gasteiger partial charge in [0.25, 0.3) is 0 Å². The number of thioether (sulfide) groups is 1. The number of rotatable bonds is 7. The standard InChI is InChI=1S/C23H24ClN3OS/c1-16-8-10-21(11-9-16)27-17(2)12-20(18(27)3)13-25-26-23(28)15-29-14-19-6-4-5-7-22(19)24/h4-13H,14-15H2,1-3H3,(H,26,28)/b25-13+. The van der Waals surface area contributed by atoms with Crippen LogP contribution >= 0.6 is 23.4 Å². The minimum atomic E-state index is -0.134. The molecule has 3 aromatic rings. The predicted octanol–water partition coefficient (Wildman–Crippen LogP) is 5.44. The largest absolute Gasteiger partial charge is 0.318 e. The number of carbonyl (C=O) groups is 1. The van der Waals surface area contributed by atoms with Gasteiger partial charge >= 0.3 is 0 Å². The number of aryl methyl sites for hydroxylation is 2. The van der Waals surface area contributed by atoms with Gasteiger partial charge in [0.05, 0.1) is 12.0 Å². The molecule has 1 amide bonds. The number of amides is 1. The molecule has 0 saturated carbocycles. The molecule has 0 aliphatic heterocycles. The van der Waals surface area contributed by atoms with E-state index in [9.17, 15) is 4.79 Å². The zero-order chi connectivity index (χ0) is 20.8. The Bertz CT molecular complexity index is 1030. The fourth-order valence-electron chi connectivity index (χ4n) is 3.08. The van der Waals surface area contributed by atoms with Gasteiger partial charge in [-0.1, -0.05) is 47.5 Å². The highest BCUT2D eigenvalue weighted by atomic mass is 35.5. The Kier molecular flexibility index (Phi) is 7.18. The van der Waals surface area contributed by atoms with Crippen LogP contribution in [-0.2, 0) is 10.5 Å². The number of hydrogen-bond donors (Lipinski definition) is 1. The summed E-state index contributed by atoms with van der Waals surface area (Å²) in [5.41, 5.74) is 9.15. The molecule has 0 atom stereocenters. The Balaban J connectivity index is 1.56. The normalized spacial score (nSPS) is 11.2. The Hall–Kier alpha value is -2.50. The molecule has 150 valence electrons. The molecular formula is C23H24ClN3OS. The fraction of sp³-hybridized carbons (Fsp3) is 0.217. The van der Waals surface area contributed by atoms with Crippen molar-refractivity contribution in [2.45, 2.75) is 26.5 Å². The van der Waals surface area contributed by atoms with Crippen LogP contribution in [0, 0.1) is 20.8 Å². The predicted molar refractivity (Wildman–Crippen MR) is 123 cm³/mol. The smallest absolute Gasteiger partial charge is 0.250 e. The van der Waals surface area contributed by atoms with Gasteiger partial charge in [0.2, 0.25) is 5.91 Å². The maximum absolute atomic E-state index is 12.0. The summed E-state index contributed by atoms with van der Waals surface area (Å²) >= 11 is 7.64. The fourth-order valence-corrected chi connectivity index (χ4v) is 4.19. The average Bonchev–Trinajstić information content (AvgIpc) is 2.98. The molecule has 0 aliphatic carbocycles. The van der Waals surface area contributed by atoms with E-state index < -0.39 is 0 Å². The maximum Gasteiger partial charge on any atom is 0.250 e. The van der Waals surface area contributed by atoms with Crippen molar-refractivity contribution in [3.8, 4) is 5.69 Å². The van der Waals surface area contributed by atoms with Crippen LogP contribution in [0.1, 0.15) is 28.1 Å². The monoisotopic (exact) mass is 425 g/mol. The summed E-state index contributed by atoms with van der Waals surface area (Å²) in [6, 6.07) is 18.1. The molecule has 0 saturated heterocycles. The highest BCUT2D eigenvalue weighted by Crippen LogP contribution is 2.21. The van der Waals surface area contributed by atoms with Gasteiger partial charge in [-0.05, 0) is 50.6 Å². The number of hydrogen-bond acceptors (Lipinski definition) is 3. The minimum Gasteiger partial charge on any atom is -0.318 e. The number of hydrazone groups is 1. The van der Waals surface area contributed by atoms with E-state index in [1.165, 1.54) is 17.3 Å². The zero-order valence-corrected chi connectivity index (χ0v) is 18.3. The Morgan fingerprint density at radius 1 is 1.14 bits per heavy atom. The van der Waals surface area contributed by atoms with Crippen molar-refractivity contribution in [1.29, 1.82) is 0 Å². The molecule has 1 N–H and O–H groups in total. The number of carbonyl (C=O) groups excluding carboxylic acids is 1. The van der Waals surface area contributed by atoms with Crippen LogP contribution in [0.2, 0.25) is 5.02 Å². The topological polar surface area (TPSA) is 46.4 Å². The SMILES string of the molecule is Cc1ccc(-n2c(C)cc(/C=N/NC(=O)CSCc3ccccc3Cl)c2C)cc1. The Morgan fingerprint density at radius 2 is 1.86 bits per heavy atom. The van der Waals surface area contributed by atoms with Gasteiger partial charge in [-0.25, -0.2) is 5.43 Å². The van der Waals surface area contributed by atoms with Gasteiger partial charge < -0.3 is 4.57 Å². The van der Waals surface area contributed by atoms with Crippen molar-refractivity contribution in [1.82, 2.24) is 9.99 Å². The molecule has 0 unspecified atom stereocenters. The molecule has 0 fully saturated rings. The first-order valence-electron chi connectivity index (χ1n) is 9.34. The van der Waals surface area contributed by atoms with Crippen LogP contribution in [0.3, 0.4) is 0 Å². The number of aromatic nitrogens is 1. The van der Waals surface area contributed by atoms with Gasteiger partial charge in [0.15, 0.2) is 0 Å². The molecule has 0 spiro atoms. The van der Waals surface area contributed by atoms with Crippen LogP contribution in [-0.4, -0.2) is 22.4 Å². The van der Waals surface area contributed by atoms with Gasteiger partial charge in [-0.3, -0.25) is 4.79 Å². The molecule has 6 heteroatoms. The molecule has 1 heterocycles. The molecule has 3 rings (SSSR count). The second-order valence-electron chi connectivity index (χ2n) is 6.87. The number of halogens is 1. The first-order valence-corrected chi connectivity index (χ1v) is 10.9. The van der Waals surface area contributed by atoms with E-state index in [1.54, 1.807) is 6.21 Å². The summed E-state index contributed by atoms with van der Waals surface area (Å²) in [5, 5.41) is 4.85. The van der Waals surface area contributed by atoms with Gasteiger partial charge in [0.1, 0.15) is 0 Å². The highest BCUT2D eigenvalue weighted by molar-refractivity contribution is 7.99. The van der Waals surface area contributed by atoms with Crippen molar-refractivity contribution in [2.24, 2.45) is 5.10 Å². The van der Waals surface area contributed by atoms with Crippen LogP contribution in [0.5, 0.6) is 0 Å². The maximum atomic E-state index is 12.0. The molecule has 0 radical (unpaired) electrons. The van der Waals surface area contributed by atoms with Crippen LogP contribution in [0.4, 0.5) is 0 Å². The molecule has 29 heavy (non-hydrogen) atoms. The molecule has 4 nitrogen and oxygen atoms in total. The number of nitrogens with zero attached hydrogens (tertiary/aromatic N) is 2. The quantitative estimate of drug-likeness (QED) is 0.404. The third kappa shape index (κ3) is 5.52. The molecular weight excluding hydrogens is 402 g/mol. The molecule has 0 bridgehead atoms. The van der Waals surface area contributed by atoms with Crippen molar-refractivity contribution in [3.05, 3.63) is 87.7 Å². The Labute approximate surface area is 181 Å². The van der Waals surface area contributed by atoms with E-state index in [1.807, 2.05) is 24.3 Å². The molecule has 2 aromatic carbocycles. The summed E-state index contributed by atoms with van der Waals surface area (Å²) < 4.78 is 2.18. The second-order valence-corrected chi connectivity index (χ2v) is 8.27. The van der Waals surface area contributed by atoms with E-state index in [4.69, 9.17) is 11.6 Å². The van der Waals surface area contributed by atoms with Crippen LogP contribution in [0.15, 0.2) is 59.7 Å². The second kappa shape index (κ2) is 9.81. The van der Waals surface area contributed by atoms with Crippen LogP contribution < -0.4 is 5.43 Å². The zero-order valence-electron chi connectivity index (χ0n) is 16.8. The van der Waals surface area contributed by atoms with E-state index in [-0.39, 0.29) is 5.91 Å². The lowest BCUT2D eigenvalue weighted by molar-refractivity contribution is -0.118.